The lowest BCUT2D eigenvalue weighted by Crippen LogP contribution is -2.35. The quantitative estimate of drug-likeness (QED) is 0.284. The highest BCUT2D eigenvalue weighted by Gasteiger charge is 2.04. The summed E-state index contributed by atoms with van der Waals surface area (Å²) in [4.78, 5) is 4.23. The van der Waals surface area contributed by atoms with Crippen LogP contribution in [0.3, 0.4) is 0 Å². The van der Waals surface area contributed by atoms with Crippen molar-refractivity contribution in [2.45, 2.75) is 19.8 Å². The molecule has 72 valence electrons. The van der Waals surface area contributed by atoms with E-state index >= 15 is 0 Å². The third-order valence-corrected chi connectivity index (χ3v) is 1.66. The first kappa shape index (κ1) is 11.4. The number of aliphatic imine (C=N–C) groups is 1. The maximum absolute atomic E-state index is 5.57. The van der Waals surface area contributed by atoms with E-state index in [1.807, 2.05) is 6.92 Å². The Kier molecular flexibility index (Phi) is 4.90. The van der Waals surface area contributed by atoms with Gasteiger partial charge in [0.15, 0.2) is 0 Å². The van der Waals surface area contributed by atoms with E-state index in [4.69, 9.17) is 5.73 Å². The molecule has 0 aromatic carbocycles. The molecule has 0 bridgehead atoms. The minimum Gasteiger partial charge on any atom is -0.387 e. The number of amidine groups is 1. The highest BCUT2D eigenvalue weighted by Crippen LogP contribution is 1.93. The molecule has 0 saturated carbocycles. The zero-order valence-corrected chi connectivity index (χ0v) is 8.80. The van der Waals surface area contributed by atoms with Crippen LogP contribution in [0.5, 0.6) is 0 Å². The van der Waals surface area contributed by atoms with Gasteiger partial charge in [-0.3, -0.25) is 4.99 Å². The van der Waals surface area contributed by atoms with Crippen LogP contribution in [-0.4, -0.2) is 44.6 Å². The predicted molar refractivity (Wildman–Crippen MR) is 54.3 cm³/mol. The summed E-state index contributed by atoms with van der Waals surface area (Å²) in [5.74, 6) is 0.774. The van der Waals surface area contributed by atoms with Crippen molar-refractivity contribution >= 4 is 5.84 Å². The number of hydrogen-bond donors (Lipinski definition) is 1. The topological polar surface area (TPSA) is 38.4 Å². The third kappa shape index (κ3) is 7.54. The van der Waals surface area contributed by atoms with Gasteiger partial charge < -0.3 is 10.2 Å². The average molecular weight is 172 g/mol. The minimum atomic E-state index is 0.774. The van der Waals surface area contributed by atoms with Crippen LogP contribution in [0.2, 0.25) is 0 Å². The predicted octanol–water partition coefficient (Wildman–Crippen LogP) is 0.850. The number of rotatable bonds is 5. The summed E-state index contributed by atoms with van der Waals surface area (Å²) in [6.45, 7) is 4.05. The first-order valence-electron chi connectivity index (χ1n) is 4.55. The van der Waals surface area contributed by atoms with Crippen molar-refractivity contribution < 1.29 is 4.48 Å². The monoisotopic (exact) mass is 172 g/mol. The lowest BCUT2D eigenvalue weighted by atomic mass is 10.3. The summed E-state index contributed by atoms with van der Waals surface area (Å²) in [6, 6.07) is 0. The van der Waals surface area contributed by atoms with E-state index in [-0.39, 0.29) is 0 Å². The van der Waals surface area contributed by atoms with Crippen LogP contribution in [0.25, 0.3) is 0 Å². The SMILES string of the molecule is CCC(N)=NCCC[N+](C)(C)C. The van der Waals surface area contributed by atoms with Crippen LogP contribution >= 0.6 is 0 Å². The Morgan fingerprint density at radius 3 is 2.33 bits per heavy atom. The van der Waals surface area contributed by atoms with E-state index in [1.165, 1.54) is 0 Å². The zero-order chi connectivity index (χ0) is 9.61. The molecule has 0 fully saturated rings. The Bertz CT molecular complexity index is 144. The Morgan fingerprint density at radius 1 is 1.33 bits per heavy atom. The fourth-order valence-corrected chi connectivity index (χ4v) is 0.880. The van der Waals surface area contributed by atoms with Crippen molar-refractivity contribution in [3.8, 4) is 0 Å². The molecular weight excluding hydrogens is 150 g/mol. The fraction of sp³-hybridized carbons (Fsp3) is 0.889. The molecule has 0 spiro atoms. The van der Waals surface area contributed by atoms with Crippen LogP contribution in [0.4, 0.5) is 0 Å². The van der Waals surface area contributed by atoms with Crippen LogP contribution in [-0.2, 0) is 0 Å². The summed E-state index contributed by atoms with van der Waals surface area (Å²) in [5.41, 5.74) is 5.57. The average Bonchev–Trinajstić information content (AvgIpc) is 1.96. The third-order valence-electron chi connectivity index (χ3n) is 1.66. The standard InChI is InChI=1S/C9H22N3/c1-5-9(10)11-7-6-8-12(2,3)4/h5-8H2,1-4H3,(H2,10,11)/q+1. The smallest absolute Gasteiger partial charge is 0.0934 e. The molecule has 0 saturated heterocycles. The first-order valence-corrected chi connectivity index (χ1v) is 4.55. The van der Waals surface area contributed by atoms with E-state index in [0.29, 0.717) is 0 Å². The Balaban J connectivity index is 3.45. The van der Waals surface area contributed by atoms with Gasteiger partial charge in [-0.15, -0.1) is 0 Å². The van der Waals surface area contributed by atoms with Crippen molar-refractivity contribution in [2.75, 3.05) is 34.2 Å². The number of quaternary nitrogens is 1. The number of nitrogens with two attached hydrogens (primary N) is 1. The summed E-state index contributed by atoms with van der Waals surface area (Å²) in [5, 5.41) is 0. The lowest BCUT2D eigenvalue weighted by molar-refractivity contribution is -0.870. The second-order valence-corrected chi connectivity index (χ2v) is 4.09. The molecular formula is C9H22N3+. The molecule has 3 nitrogen and oxygen atoms in total. The molecule has 0 aliphatic heterocycles. The largest absolute Gasteiger partial charge is 0.387 e. The summed E-state index contributed by atoms with van der Waals surface area (Å²) < 4.78 is 1.00. The second-order valence-electron chi connectivity index (χ2n) is 4.09. The van der Waals surface area contributed by atoms with E-state index in [1.54, 1.807) is 0 Å². The molecule has 0 radical (unpaired) electrons. The molecule has 2 N–H and O–H groups in total. The Morgan fingerprint density at radius 2 is 1.92 bits per heavy atom. The summed E-state index contributed by atoms with van der Waals surface area (Å²) in [6.07, 6.45) is 1.98. The Labute approximate surface area is 75.9 Å². The first-order chi connectivity index (χ1) is 5.45. The normalized spacial score (nSPS) is 13.5. The van der Waals surface area contributed by atoms with Crippen LogP contribution in [0, 0.1) is 0 Å². The van der Waals surface area contributed by atoms with Crippen molar-refractivity contribution in [1.29, 1.82) is 0 Å². The van der Waals surface area contributed by atoms with E-state index in [0.717, 1.165) is 36.2 Å². The molecule has 0 aliphatic rings. The maximum atomic E-state index is 5.57. The van der Waals surface area contributed by atoms with Crippen LogP contribution in [0.15, 0.2) is 4.99 Å². The molecule has 0 atom stereocenters. The molecule has 0 unspecified atom stereocenters. The van der Waals surface area contributed by atoms with E-state index in [9.17, 15) is 0 Å². The van der Waals surface area contributed by atoms with E-state index in [2.05, 4.69) is 26.1 Å². The molecule has 12 heavy (non-hydrogen) atoms. The second kappa shape index (κ2) is 5.14. The molecule has 0 heterocycles. The highest BCUT2D eigenvalue weighted by atomic mass is 15.3. The summed E-state index contributed by atoms with van der Waals surface area (Å²) in [7, 11) is 6.56. The fourth-order valence-electron chi connectivity index (χ4n) is 0.880. The molecule has 0 rings (SSSR count). The molecule has 3 heteroatoms. The van der Waals surface area contributed by atoms with Crippen molar-refractivity contribution in [2.24, 2.45) is 10.7 Å². The van der Waals surface area contributed by atoms with Gasteiger partial charge in [0.25, 0.3) is 0 Å². The maximum Gasteiger partial charge on any atom is 0.0934 e. The Hall–Kier alpha value is -0.570. The van der Waals surface area contributed by atoms with Crippen molar-refractivity contribution in [3.63, 3.8) is 0 Å². The van der Waals surface area contributed by atoms with Gasteiger partial charge in [-0.1, -0.05) is 6.92 Å². The van der Waals surface area contributed by atoms with Gasteiger partial charge in [-0.05, 0) is 0 Å². The zero-order valence-electron chi connectivity index (χ0n) is 8.80. The highest BCUT2D eigenvalue weighted by molar-refractivity contribution is 5.79. The lowest BCUT2D eigenvalue weighted by Gasteiger charge is -2.23. The van der Waals surface area contributed by atoms with Gasteiger partial charge in [0.2, 0.25) is 0 Å². The van der Waals surface area contributed by atoms with Gasteiger partial charge in [-0.2, -0.15) is 0 Å². The van der Waals surface area contributed by atoms with Crippen LogP contribution < -0.4 is 5.73 Å². The van der Waals surface area contributed by atoms with E-state index < -0.39 is 0 Å². The van der Waals surface area contributed by atoms with Gasteiger partial charge in [0.05, 0.1) is 33.5 Å². The molecule has 0 aromatic heterocycles. The van der Waals surface area contributed by atoms with Crippen molar-refractivity contribution in [3.05, 3.63) is 0 Å². The number of nitrogens with zero attached hydrogens (tertiary/aromatic N) is 2. The van der Waals surface area contributed by atoms with Gasteiger partial charge >= 0.3 is 0 Å². The summed E-state index contributed by atoms with van der Waals surface area (Å²) >= 11 is 0. The van der Waals surface area contributed by atoms with Gasteiger partial charge in [0.1, 0.15) is 0 Å². The van der Waals surface area contributed by atoms with Gasteiger partial charge in [0, 0.05) is 19.4 Å². The van der Waals surface area contributed by atoms with Crippen molar-refractivity contribution in [1.82, 2.24) is 0 Å². The minimum absolute atomic E-state index is 0.774. The molecule has 0 aliphatic carbocycles. The number of hydrogen-bond acceptors (Lipinski definition) is 1. The molecule has 0 aromatic rings. The van der Waals surface area contributed by atoms with Crippen LogP contribution in [0.1, 0.15) is 19.8 Å². The molecule has 0 amide bonds. The van der Waals surface area contributed by atoms with Gasteiger partial charge in [-0.25, -0.2) is 0 Å².